The Labute approximate surface area is 242 Å². The van der Waals surface area contributed by atoms with Gasteiger partial charge in [-0.05, 0) is 70.2 Å². The lowest BCUT2D eigenvalue weighted by molar-refractivity contribution is 0.0636. The minimum atomic E-state index is -0.664. The molecule has 0 bridgehead atoms. The van der Waals surface area contributed by atoms with Crippen molar-refractivity contribution >= 4 is 33.7 Å². The zero-order valence-corrected chi connectivity index (χ0v) is 24.5. The third-order valence-corrected chi connectivity index (χ3v) is 7.78. The van der Waals surface area contributed by atoms with Crippen LogP contribution < -0.4 is 11.0 Å². The number of amides is 1. The van der Waals surface area contributed by atoms with Crippen LogP contribution in [0.4, 0.5) is 10.5 Å². The normalized spacial score (nSPS) is 17.6. The van der Waals surface area contributed by atoms with E-state index in [0.717, 1.165) is 51.5 Å². The lowest BCUT2D eigenvalue weighted by atomic mass is 9.92. The molecule has 1 aliphatic carbocycles. The first-order chi connectivity index (χ1) is 20.0. The maximum Gasteiger partial charge on any atom is 0.412 e. The number of carbonyl (C=O) groups excluding carboxylic acids is 1. The van der Waals surface area contributed by atoms with Crippen molar-refractivity contribution in [1.82, 2.24) is 28.9 Å². The largest absolute Gasteiger partial charge is 0.444 e. The topological polar surface area (TPSA) is 129 Å². The molecule has 0 atom stereocenters. The molecule has 218 valence electrons. The highest BCUT2D eigenvalue weighted by Gasteiger charge is 2.26. The molecule has 1 fully saturated rings. The number of aromatic nitrogens is 6. The molecule has 0 unspecified atom stereocenters. The second-order valence-corrected chi connectivity index (χ2v) is 12.0. The van der Waals surface area contributed by atoms with Crippen molar-refractivity contribution in [3.05, 3.63) is 59.5 Å². The van der Waals surface area contributed by atoms with Crippen LogP contribution in [0.15, 0.2) is 53.8 Å². The minimum absolute atomic E-state index is 0.00363. The van der Waals surface area contributed by atoms with Crippen LogP contribution in [0.3, 0.4) is 0 Å². The van der Waals surface area contributed by atoms with Crippen molar-refractivity contribution in [2.24, 2.45) is 14.1 Å². The summed E-state index contributed by atoms with van der Waals surface area (Å²) in [5.41, 5.74) is 5.06. The number of hydrogen-bond donors (Lipinski definition) is 2. The molecule has 1 saturated carbocycles. The summed E-state index contributed by atoms with van der Waals surface area (Å²) in [6, 6.07) is 7.79. The van der Waals surface area contributed by atoms with E-state index in [9.17, 15) is 14.7 Å². The maximum absolute atomic E-state index is 13.5. The molecular formula is C31H35N7O4. The Morgan fingerprint density at radius 2 is 1.76 bits per heavy atom. The van der Waals surface area contributed by atoms with E-state index in [1.165, 1.54) is 0 Å². The highest BCUT2D eigenvalue weighted by molar-refractivity contribution is 6.04. The van der Waals surface area contributed by atoms with Gasteiger partial charge in [-0.25, -0.2) is 9.59 Å². The third-order valence-electron chi connectivity index (χ3n) is 7.78. The Morgan fingerprint density at radius 3 is 2.45 bits per heavy atom. The van der Waals surface area contributed by atoms with E-state index in [4.69, 9.17) is 9.72 Å². The molecule has 11 nitrogen and oxygen atoms in total. The number of fused-ring (bicyclic) bond motifs is 3. The van der Waals surface area contributed by atoms with E-state index < -0.39 is 11.7 Å². The Morgan fingerprint density at radius 1 is 1.00 bits per heavy atom. The number of aliphatic hydroxyl groups is 1. The second-order valence-electron chi connectivity index (χ2n) is 12.0. The third kappa shape index (κ3) is 5.16. The SMILES string of the molecule is Cn1cc(-c2ncc(-c3ccc4ncc5c(c4c3)n(C3CCC(O)CC3)c(=O)n5C)cc2NC(=O)OC(C)(C)C)cn1. The summed E-state index contributed by atoms with van der Waals surface area (Å²) in [5, 5.41) is 18.1. The average Bonchev–Trinajstić information content (AvgIpc) is 3.48. The zero-order valence-electron chi connectivity index (χ0n) is 24.5. The fraction of sp³-hybridized carbons (Fsp3) is 0.387. The molecule has 1 amide bonds. The number of pyridine rings is 2. The van der Waals surface area contributed by atoms with Crippen LogP contribution in [0, 0.1) is 0 Å². The van der Waals surface area contributed by atoms with Gasteiger partial charge in [0.25, 0.3) is 0 Å². The number of nitrogens with zero attached hydrogens (tertiary/aromatic N) is 6. The zero-order chi connectivity index (χ0) is 29.8. The van der Waals surface area contributed by atoms with Crippen molar-refractivity contribution in [1.29, 1.82) is 0 Å². The van der Waals surface area contributed by atoms with Crippen LogP contribution in [-0.4, -0.2) is 51.8 Å². The summed E-state index contributed by atoms with van der Waals surface area (Å²) in [4.78, 5) is 35.6. The Bertz CT molecular complexity index is 1870. The maximum atomic E-state index is 13.5. The molecule has 0 spiro atoms. The van der Waals surface area contributed by atoms with Gasteiger partial charge in [-0.1, -0.05) is 6.07 Å². The monoisotopic (exact) mass is 569 g/mol. The number of carbonyl (C=O) groups is 1. The number of benzene rings is 1. The van der Waals surface area contributed by atoms with Crippen LogP contribution in [0.2, 0.25) is 0 Å². The summed E-state index contributed by atoms with van der Waals surface area (Å²) in [5.74, 6) is 0. The van der Waals surface area contributed by atoms with Gasteiger partial charge in [-0.2, -0.15) is 5.10 Å². The van der Waals surface area contributed by atoms with Gasteiger partial charge in [0.05, 0.1) is 46.4 Å². The summed E-state index contributed by atoms with van der Waals surface area (Å²) >= 11 is 0. The van der Waals surface area contributed by atoms with Gasteiger partial charge in [0.2, 0.25) is 0 Å². The van der Waals surface area contributed by atoms with E-state index >= 15 is 0 Å². The summed E-state index contributed by atoms with van der Waals surface area (Å²) in [7, 11) is 3.59. The number of nitrogens with one attached hydrogen (secondary N) is 1. The van der Waals surface area contributed by atoms with E-state index in [2.05, 4.69) is 15.4 Å². The average molecular weight is 570 g/mol. The lowest BCUT2D eigenvalue weighted by Crippen LogP contribution is -2.29. The van der Waals surface area contributed by atoms with Gasteiger partial charge < -0.3 is 9.84 Å². The van der Waals surface area contributed by atoms with Crippen molar-refractivity contribution in [3.8, 4) is 22.4 Å². The molecule has 5 aromatic rings. The van der Waals surface area contributed by atoms with Gasteiger partial charge in [-0.15, -0.1) is 0 Å². The van der Waals surface area contributed by atoms with Crippen LogP contribution in [0.25, 0.3) is 44.3 Å². The Balaban J connectivity index is 1.48. The van der Waals surface area contributed by atoms with Crippen LogP contribution in [0.5, 0.6) is 0 Å². The molecule has 6 rings (SSSR count). The standard InChI is InChI=1S/C31H35N7O4/c1-31(2,3)42-29(40)35-25-13-19(14-33-27(25)20-15-34-36(4)17-20)18-6-11-24-23(12-18)28-26(16-32-24)37(5)30(41)38(28)21-7-9-22(39)10-8-21/h6,11-17,21-22,39H,7-10H2,1-5H3,(H,35,40). The number of aryl methyl sites for hydroxylation is 2. The van der Waals surface area contributed by atoms with Crippen molar-refractivity contribution in [2.75, 3.05) is 5.32 Å². The highest BCUT2D eigenvalue weighted by Crippen LogP contribution is 2.36. The predicted molar refractivity (Wildman–Crippen MR) is 161 cm³/mol. The van der Waals surface area contributed by atoms with E-state index in [0.29, 0.717) is 24.2 Å². The fourth-order valence-electron chi connectivity index (χ4n) is 5.77. The van der Waals surface area contributed by atoms with Crippen molar-refractivity contribution in [2.45, 2.75) is 64.2 Å². The lowest BCUT2D eigenvalue weighted by Gasteiger charge is -2.26. The van der Waals surface area contributed by atoms with E-state index in [-0.39, 0.29) is 17.8 Å². The van der Waals surface area contributed by atoms with Gasteiger partial charge >= 0.3 is 11.8 Å². The number of ether oxygens (including phenoxy) is 1. The molecule has 0 saturated heterocycles. The van der Waals surface area contributed by atoms with Gasteiger partial charge in [-0.3, -0.25) is 29.1 Å². The molecule has 2 N–H and O–H groups in total. The molecule has 1 aliphatic rings. The van der Waals surface area contributed by atoms with Gasteiger partial charge in [0.1, 0.15) is 5.60 Å². The number of anilines is 1. The van der Waals surface area contributed by atoms with Crippen molar-refractivity contribution in [3.63, 3.8) is 0 Å². The van der Waals surface area contributed by atoms with Crippen LogP contribution in [0.1, 0.15) is 52.5 Å². The first-order valence-electron chi connectivity index (χ1n) is 14.2. The molecule has 1 aromatic carbocycles. The summed E-state index contributed by atoms with van der Waals surface area (Å²) in [6.45, 7) is 5.43. The highest BCUT2D eigenvalue weighted by atomic mass is 16.6. The number of imidazole rings is 1. The first kappa shape index (κ1) is 27.6. The van der Waals surface area contributed by atoms with Crippen LogP contribution >= 0.6 is 0 Å². The minimum Gasteiger partial charge on any atom is -0.444 e. The molecule has 0 radical (unpaired) electrons. The van der Waals surface area contributed by atoms with Gasteiger partial charge in [0, 0.05) is 49.0 Å². The smallest absolute Gasteiger partial charge is 0.412 e. The molecule has 11 heteroatoms. The Hall–Kier alpha value is -4.51. The van der Waals surface area contributed by atoms with Crippen molar-refractivity contribution < 1.29 is 14.6 Å². The predicted octanol–water partition coefficient (Wildman–Crippen LogP) is 5.17. The first-order valence-corrected chi connectivity index (χ1v) is 14.2. The molecule has 4 heterocycles. The molecular weight excluding hydrogens is 534 g/mol. The van der Waals surface area contributed by atoms with Gasteiger partial charge in [0.15, 0.2) is 0 Å². The van der Waals surface area contributed by atoms with Crippen LogP contribution in [-0.2, 0) is 18.8 Å². The number of aliphatic hydroxyl groups excluding tert-OH is 1. The quantitative estimate of drug-likeness (QED) is 0.305. The Kier molecular flexibility index (Phi) is 6.84. The molecule has 0 aliphatic heterocycles. The number of rotatable bonds is 4. The van der Waals surface area contributed by atoms with E-state index in [1.807, 2.05) is 62.8 Å². The number of hydrogen-bond acceptors (Lipinski definition) is 7. The summed E-state index contributed by atoms with van der Waals surface area (Å²) in [6.07, 6.45) is 8.96. The summed E-state index contributed by atoms with van der Waals surface area (Å²) < 4.78 is 10.7. The fourth-order valence-corrected chi connectivity index (χ4v) is 5.77. The second kappa shape index (κ2) is 10.4. The molecule has 4 aromatic heterocycles. The molecule has 42 heavy (non-hydrogen) atoms. The van der Waals surface area contributed by atoms with E-state index in [1.54, 1.807) is 34.9 Å².